The third-order valence-electron chi connectivity index (χ3n) is 1.54. The Balaban J connectivity index is 3.79. The smallest absolute Gasteiger partial charge is 0.122 e. The lowest BCUT2D eigenvalue weighted by molar-refractivity contribution is -0.113. The molecule has 0 fully saturated rings. The lowest BCUT2D eigenvalue weighted by Gasteiger charge is -2.19. The normalized spacial score (nSPS) is 18.9. The molecule has 0 aromatic carbocycles. The van der Waals surface area contributed by atoms with E-state index in [1.165, 1.54) is 0 Å². The van der Waals surface area contributed by atoms with Gasteiger partial charge in [-0.25, -0.2) is 0 Å². The van der Waals surface area contributed by atoms with Crippen molar-refractivity contribution < 1.29 is 20.1 Å². The van der Waals surface area contributed by atoms with Crippen LogP contribution in [0.5, 0.6) is 0 Å². The molecule has 3 N–H and O–H groups in total. The molecule has 0 spiro atoms. The zero-order valence-electron chi connectivity index (χ0n) is 6.47. The summed E-state index contributed by atoms with van der Waals surface area (Å²) in [7, 11) is 0. The molecule has 0 aromatic rings. The first-order chi connectivity index (χ1) is 5.13. The molecule has 4 nitrogen and oxygen atoms in total. The number of carbonyl (C=O) groups excluding carboxylic acids is 1. The van der Waals surface area contributed by atoms with E-state index in [9.17, 15) is 4.79 Å². The van der Waals surface area contributed by atoms with Crippen LogP contribution < -0.4 is 0 Å². The second-order valence-electron chi connectivity index (χ2n) is 2.44. The minimum absolute atomic E-state index is 0.141. The summed E-state index contributed by atoms with van der Waals surface area (Å²) in [4.78, 5) is 9.88. The van der Waals surface area contributed by atoms with E-state index in [1.807, 2.05) is 0 Å². The van der Waals surface area contributed by atoms with Crippen LogP contribution in [0.15, 0.2) is 0 Å². The third-order valence-corrected chi connectivity index (χ3v) is 1.54. The van der Waals surface area contributed by atoms with Gasteiger partial charge in [-0.2, -0.15) is 0 Å². The maximum Gasteiger partial charge on any atom is 0.122 e. The van der Waals surface area contributed by atoms with Gasteiger partial charge in [-0.3, -0.25) is 0 Å². The third kappa shape index (κ3) is 3.46. The minimum atomic E-state index is -1.22. The van der Waals surface area contributed by atoms with E-state index in [-0.39, 0.29) is 6.42 Å². The van der Waals surface area contributed by atoms with Crippen LogP contribution in [0, 0.1) is 0 Å². The van der Waals surface area contributed by atoms with Gasteiger partial charge in [0, 0.05) is 6.42 Å². The van der Waals surface area contributed by atoms with Gasteiger partial charge in [0.1, 0.15) is 12.4 Å². The molecule has 0 saturated heterocycles. The van der Waals surface area contributed by atoms with Gasteiger partial charge in [-0.05, 0) is 6.42 Å². The summed E-state index contributed by atoms with van der Waals surface area (Å²) in [5.74, 6) is 0. The second kappa shape index (κ2) is 5.23. The van der Waals surface area contributed by atoms with Crippen molar-refractivity contribution in [3.05, 3.63) is 0 Å². The SMILES string of the molecule is CCC(O)C(O)C(O)CC=O. The molecule has 0 bridgehead atoms. The number of hydrogen-bond donors (Lipinski definition) is 3. The molecular weight excluding hydrogens is 148 g/mol. The average Bonchev–Trinajstić information content (AvgIpc) is 2.02. The van der Waals surface area contributed by atoms with Gasteiger partial charge >= 0.3 is 0 Å². The van der Waals surface area contributed by atoms with Crippen molar-refractivity contribution >= 4 is 6.29 Å². The van der Waals surface area contributed by atoms with E-state index in [1.54, 1.807) is 6.92 Å². The van der Waals surface area contributed by atoms with Crippen molar-refractivity contribution in [1.82, 2.24) is 0 Å². The van der Waals surface area contributed by atoms with E-state index in [2.05, 4.69) is 0 Å². The topological polar surface area (TPSA) is 77.8 Å². The van der Waals surface area contributed by atoms with Crippen LogP contribution in [0.25, 0.3) is 0 Å². The summed E-state index contributed by atoms with van der Waals surface area (Å²) in [5.41, 5.74) is 0. The first-order valence-corrected chi connectivity index (χ1v) is 3.61. The molecular formula is C7H14O4. The van der Waals surface area contributed by atoms with E-state index in [4.69, 9.17) is 15.3 Å². The van der Waals surface area contributed by atoms with Crippen molar-refractivity contribution in [1.29, 1.82) is 0 Å². The standard InChI is InChI=1S/C7H14O4/c1-2-5(9)7(11)6(10)3-4-8/h4-7,9-11H,2-3H2,1H3. The Morgan fingerprint density at radius 1 is 1.27 bits per heavy atom. The molecule has 0 aliphatic rings. The Kier molecular flexibility index (Phi) is 5.02. The highest BCUT2D eigenvalue weighted by Gasteiger charge is 2.22. The fourth-order valence-electron chi connectivity index (χ4n) is 0.736. The summed E-state index contributed by atoms with van der Waals surface area (Å²) in [6.45, 7) is 1.68. The lowest BCUT2D eigenvalue weighted by Crippen LogP contribution is -2.37. The van der Waals surface area contributed by atoms with Gasteiger partial charge in [-0.15, -0.1) is 0 Å². The van der Waals surface area contributed by atoms with Crippen molar-refractivity contribution in [2.24, 2.45) is 0 Å². The highest BCUT2D eigenvalue weighted by Crippen LogP contribution is 2.05. The number of rotatable bonds is 5. The van der Waals surface area contributed by atoms with Crippen molar-refractivity contribution in [2.45, 2.75) is 38.1 Å². The molecule has 11 heavy (non-hydrogen) atoms. The molecule has 0 amide bonds. The van der Waals surface area contributed by atoms with Gasteiger partial charge in [-0.1, -0.05) is 6.92 Å². The molecule has 0 rings (SSSR count). The number of carbonyl (C=O) groups is 1. The predicted molar refractivity (Wildman–Crippen MR) is 39.0 cm³/mol. The van der Waals surface area contributed by atoms with E-state index >= 15 is 0 Å². The number of aldehydes is 1. The van der Waals surface area contributed by atoms with Crippen LogP contribution in [0.2, 0.25) is 0 Å². The molecule has 66 valence electrons. The monoisotopic (exact) mass is 162 g/mol. The zero-order chi connectivity index (χ0) is 8.85. The Morgan fingerprint density at radius 3 is 2.18 bits per heavy atom. The second-order valence-corrected chi connectivity index (χ2v) is 2.44. The molecule has 3 atom stereocenters. The van der Waals surface area contributed by atoms with Crippen LogP contribution in [0.4, 0.5) is 0 Å². The van der Waals surface area contributed by atoms with E-state index < -0.39 is 18.3 Å². The van der Waals surface area contributed by atoms with Gasteiger partial charge in [0.05, 0.1) is 12.2 Å². The zero-order valence-corrected chi connectivity index (χ0v) is 6.47. The summed E-state index contributed by atoms with van der Waals surface area (Å²) < 4.78 is 0. The maximum atomic E-state index is 9.88. The summed E-state index contributed by atoms with van der Waals surface area (Å²) >= 11 is 0. The minimum Gasteiger partial charge on any atom is -0.390 e. The number of hydrogen-bond acceptors (Lipinski definition) is 4. The quantitative estimate of drug-likeness (QED) is 0.456. The Bertz CT molecular complexity index is 115. The van der Waals surface area contributed by atoms with Gasteiger partial charge in [0.2, 0.25) is 0 Å². The molecule has 4 heteroatoms. The van der Waals surface area contributed by atoms with E-state index in [0.29, 0.717) is 12.7 Å². The van der Waals surface area contributed by atoms with E-state index in [0.717, 1.165) is 0 Å². The van der Waals surface area contributed by atoms with Gasteiger partial charge in [0.25, 0.3) is 0 Å². The fraction of sp³-hybridized carbons (Fsp3) is 0.857. The molecule has 0 aromatic heterocycles. The van der Waals surface area contributed by atoms with Gasteiger partial charge in [0.15, 0.2) is 0 Å². The Hall–Kier alpha value is -0.450. The van der Waals surface area contributed by atoms with Crippen LogP contribution in [-0.2, 0) is 4.79 Å². The summed E-state index contributed by atoms with van der Waals surface area (Å²) in [6, 6.07) is 0. The first kappa shape index (κ1) is 10.6. The molecule has 0 aliphatic carbocycles. The highest BCUT2D eigenvalue weighted by atomic mass is 16.4. The Morgan fingerprint density at radius 2 is 1.82 bits per heavy atom. The largest absolute Gasteiger partial charge is 0.390 e. The lowest BCUT2D eigenvalue weighted by atomic mass is 10.0. The van der Waals surface area contributed by atoms with Crippen LogP contribution in [0.3, 0.4) is 0 Å². The number of aliphatic hydroxyl groups excluding tert-OH is 3. The number of aliphatic hydroxyl groups is 3. The van der Waals surface area contributed by atoms with Crippen molar-refractivity contribution in [2.75, 3.05) is 0 Å². The summed E-state index contributed by atoms with van der Waals surface area (Å²) in [6.07, 6.45) is -2.59. The van der Waals surface area contributed by atoms with Crippen LogP contribution >= 0.6 is 0 Å². The molecule has 0 radical (unpaired) electrons. The highest BCUT2D eigenvalue weighted by molar-refractivity contribution is 5.50. The fourth-order valence-corrected chi connectivity index (χ4v) is 0.736. The van der Waals surface area contributed by atoms with Crippen molar-refractivity contribution in [3.8, 4) is 0 Å². The summed E-state index contributed by atoms with van der Waals surface area (Å²) in [5, 5.41) is 27.0. The molecule has 0 aliphatic heterocycles. The van der Waals surface area contributed by atoms with Crippen LogP contribution in [-0.4, -0.2) is 39.9 Å². The van der Waals surface area contributed by atoms with Gasteiger partial charge < -0.3 is 20.1 Å². The average molecular weight is 162 g/mol. The molecule has 3 unspecified atom stereocenters. The van der Waals surface area contributed by atoms with Crippen molar-refractivity contribution in [3.63, 3.8) is 0 Å². The van der Waals surface area contributed by atoms with Crippen LogP contribution in [0.1, 0.15) is 19.8 Å². The maximum absolute atomic E-state index is 9.88. The predicted octanol–water partition coefficient (Wildman–Crippen LogP) is -0.932. The Labute approximate surface area is 65.5 Å². The molecule has 0 saturated carbocycles. The first-order valence-electron chi connectivity index (χ1n) is 3.61. The molecule has 0 heterocycles.